The van der Waals surface area contributed by atoms with E-state index in [9.17, 15) is 9.18 Å². The molecule has 0 bridgehead atoms. The van der Waals surface area contributed by atoms with E-state index in [0.717, 1.165) is 0 Å². The molecule has 0 radical (unpaired) electrons. The van der Waals surface area contributed by atoms with Gasteiger partial charge in [0.1, 0.15) is 6.04 Å². The van der Waals surface area contributed by atoms with Crippen LogP contribution < -0.4 is 10.5 Å². The molecular formula is C14H20FNO3S. The van der Waals surface area contributed by atoms with Gasteiger partial charge in [0.05, 0.1) is 13.7 Å². The predicted molar refractivity (Wildman–Crippen MR) is 78.3 cm³/mol. The number of carbonyl (C=O) groups excluding carboxylic acids is 1. The number of carbonyl (C=O) groups is 1. The third kappa shape index (κ3) is 5.02. The summed E-state index contributed by atoms with van der Waals surface area (Å²) in [5.41, 5.74) is 6.26. The van der Waals surface area contributed by atoms with E-state index in [-0.39, 0.29) is 17.5 Å². The third-order valence-corrected chi connectivity index (χ3v) is 3.72. The Morgan fingerprint density at radius 3 is 2.90 bits per heavy atom. The van der Waals surface area contributed by atoms with E-state index in [0.29, 0.717) is 30.1 Å². The van der Waals surface area contributed by atoms with Crippen molar-refractivity contribution in [2.24, 2.45) is 5.73 Å². The highest BCUT2D eigenvalue weighted by atomic mass is 32.2. The van der Waals surface area contributed by atoms with Gasteiger partial charge in [0, 0.05) is 11.3 Å². The highest BCUT2D eigenvalue weighted by Crippen LogP contribution is 2.23. The molecule has 0 saturated carbocycles. The SMILES string of the molecule is CCOC(=O)C(N)CCSCc1cccc(OC)c1F. The number of methoxy groups -OCH3 is 1. The Hall–Kier alpha value is -1.27. The first kappa shape index (κ1) is 16.8. The monoisotopic (exact) mass is 301 g/mol. The zero-order valence-corrected chi connectivity index (χ0v) is 12.5. The minimum atomic E-state index is -0.613. The smallest absolute Gasteiger partial charge is 0.322 e. The Morgan fingerprint density at radius 1 is 1.50 bits per heavy atom. The Kier molecular flexibility index (Phi) is 7.40. The summed E-state index contributed by atoms with van der Waals surface area (Å²) in [6.45, 7) is 2.07. The zero-order chi connectivity index (χ0) is 15.0. The van der Waals surface area contributed by atoms with Crippen molar-refractivity contribution in [2.75, 3.05) is 19.5 Å². The molecule has 0 aliphatic heterocycles. The molecule has 1 aromatic carbocycles. The normalized spacial score (nSPS) is 12.0. The van der Waals surface area contributed by atoms with Crippen LogP contribution in [0.1, 0.15) is 18.9 Å². The molecule has 0 saturated heterocycles. The first-order valence-electron chi connectivity index (χ1n) is 6.41. The number of hydrogen-bond acceptors (Lipinski definition) is 5. The lowest BCUT2D eigenvalue weighted by atomic mass is 10.2. The van der Waals surface area contributed by atoms with Crippen LogP contribution in [0.4, 0.5) is 4.39 Å². The van der Waals surface area contributed by atoms with Gasteiger partial charge in [-0.3, -0.25) is 4.79 Å². The highest BCUT2D eigenvalue weighted by Gasteiger charge is 2.14. The van der Waals surface area contributed by atoms with Gasteiger partial charge in [-0.15, -0.1) is 0 Å². The second kappa shape index (κ2) is 8.81. The van der Waals surface area contributed by atoms with Gasteiger partial charge in [-0.25, -0.2) is 4.39 Å². The Labute approximate surface area is 122 Å². The largest absolute Gasteiger partial charge is 0.494 e. The minimum absolute atomic E-state index is 0.242. The van der Waals surface area contributed by atoms with Crippen LogP contribution in [0.2, 0.25) is 0 Å². The van der Waals surface area contributed by atoms with Crippen LogP contribution >= 0.6 is 11.8 Å². The summed E-state index contributed by atoms with van der Waals surface area (Å²) >= 11 is 1.52. The summed E-state index contributed by atoms with van der Waals surface area (Å²) in [6, 6.07) is 4.44. The van der Waals surface area contributed by atoms with Crippen LogP contribution in [0.25, 0.3) is 0 Å². The summed E-state index contributed by atoms with van der Waals surface area (Å²) in [5.74, 6) is 0.694. The maximum Gasteiger partial charge on any atom is 0.322 e. The third-order valence-electron chi connectivity index (χ3n) is 2.68. The van der Waals surface area contributed by atoms with Crippen LogP contribution in [-0.4, -0.2) is 31.5 Å². The lowest BCUT2D eigenvalue weighted by Gasteiger charge is -2.10. The van der Waals surface area contributed by atoms with Gasteiger partial charge in [-0.05, 0) is 25.2 Å². The van der Waals surface area contributed by atoms with E-state index in [4.69, 9.17) is 15.2 Å². The van der Waals surface area contributed by atoms with Gasteiger partial charge in [0.25, 0.3) is 0 Å². The molecule has 2 N–H and O–H groups in total. The number of ether oxygens (including phenoxy) is 2. The number of nitrogens with two attached hydrogens (primary N) is 1. The lowest BCUT2D eigenvalue weighted by Crippen LogP contribution is -2.32. The van der Waals surface area contributed by atoms with Crippen LogP contribution in [0.3, 0.4) is 0 Å². The van der Waals surface area contributed by atoms with E-state index in [1.807, 2.05) is 0 Å². The van der Waals surface area contributed by atoms with Crippen LogP contribution in [0.5, 0.6) is 5.75 Å². The molecule has 0 spiro atoms. The first-order valence-corrected chi connectivity index (χ1v) is 7.57. The molecular weight excluding hydrogens is 281 g/mol. The zero-order valence-electron chi connectivity index (χ0n) is 11.7. The van der Waals surface area contributed by atoms with E-state index >= 15 is 0 Å². The van der Waals surface area contributed by atoms with Crippen molar-refractivity contribution < 1.29 is 18.7 Å². The predicted octanol–water partition coefficient (Wildman–Crippen LogP) is 2.35. The maximum atomic E-state index is 13.9. The first-order chi connectivity index (χ1) is 9.60. The second-order valence-electron chi connectivity index (χ2n) is 4.13. The number of hydrogen-bond donors (Lipinski definition) is 1. The number of esters is 1. The Bertz CT molecular complexity index is 442. The standard InChI is InChI=1S/C14H20FNO3S/c1-3-19-14(17)11(16)7-8-20-9-10-5-4-6-12(18-2)13(10)15/h4-6,11H,3,7-9,16H2,1-2H3. The summed E-state index contributed by atoms with van der Waals surface area (Å²) < 4.78 is 23.6. The van der Waals surface area contributed by atoms with Crippen LogP contribution in [0, 0.1) is 5.82 Å². The maximum absolute atomic E-state index is 13.9. The van der Waals surface area contributed by atoms with Crippen molar-refractivity contribution in [3.05, 3.63) is 29.6 Å². The van der Waals surface area contributed by atoms with Crippen molar-refractivity contribution in [1.82, 2.24) is 0 Å². The minimum Gasteiger partial charge on any atom is -0.494 e. The Balaban J connectivity index is 2.36. The van der Waals surface area contributed by atoms with E-state index in [2.05, 4.69) is 0 Å². The fourth-order valence-electron chi connectivity index (χ4n) is 1.58. The molecule has 0 heterocycles. The summed E-state index contributed by atoms with van der Waals surface area (Å²) in [5, 5.41) is 0. The molecule has 0 aromatic heterocycles. The highest BCUT2D eigenvalue weighted by molar-refractivity contribution is 7.98. The summed E-state index contributed by atoms with van der Waals surface area (Å²) in [7, 11) is 1.44. The molecule has 4 nitrogen and oxygen atoms in total. The molecule has 20 heavy (non-hydrogen) atoms. The fourth-order valence-corrected chi connectivity index (χ4v) is 2.59. The summed E-state index contributed by atoms with van der Waals surface area (Å²) in [4.78, 5) is 11.3. The molecule has 1 rings (SSSR count). The van der Waals surface area contributed by atoms with Crippen molar-refractivity contribution in [1.29, 1.82) is 0 Å². The summed E-state index contributed by atoms with van der Waals surface area (Å²) in [6.07, 6.45) is 0.509. The number of thioether (sulfide) groups is 1. The average molecular weight is 301 g/mol. The van der Waals surface area contributed by atoms with Gasteiger partial charge in [0.2, 0.25) is 0 Å². The van der Waals surface area contributed by atoms with Gasteiger partial charge in [-0.1, -0.05) is 12.1 Å². The molecule has 1 atom stereocenters. The lowest BCUT2D eigenvalue weighted by molar-refractivity contribution is -0.144. The number of halogens is 1. The van der Waals surface area contributed by atoms with E-state index < -0.39 is 6.04 Å². The molecule has 0 aliphatic rings. The van der Waals surface area contributed by atoms with Gasteiger partial charge < -0.3 is 15.2 Å². The fraction of sp³-hybridized carbons (Fsp3) is 0.500. The van der Waals surface area contributed by atoms with Crippen molar-refractivity contribution in [3.8, 4) is 5.75 Å². The second-order valence-corrected chi connectivity index (χ2v) is 5.24. The van der Waals surface area contributed by atoms with Crippen molar-refractivity contribution in [3.63, 3.8) is 0 Å². The van der Waals surface area contributed by atoms with Gasteiger partial charge in [0.15, 0.2) is 11.6 Å². The topological polar surface area (TPSA) is 61.5 Å². The molecule has 6 heteroatoms. The molecule has 112 valence electrons. The van der Waals surface area contributed by atoms with E-state index in [1.165, 1.54) is 18.9 Å². The average Bonchev–Trinajstić information content (AvgIpc) is 2.45. The van der Waals surface area contributed by atoms with Crippen LogP contribution in [0.15, 0.2) is 18.2 Å². The molecule has 1 aromatic rings. The molecule has 0 fully saturated rings. The van der Waals surface area contributed by atoms with Crippen molar-refractivity contribution in [2.45, 2.75) is 25.1 Å². The van der Waals surface area contributed by atoms with Gasteiger partial charge in [-0.2, -0.15) is 11.8 Å². The number of rotatable bonds is 8. The number of benzene rings is 1. The molecule has 0 amide bonds. The van der Waals surface area contributed by atoms with Gasteiger partial charge >= 0.3 is 5.97 Å². The van der Waals surface area contributed by atoms with Crippen molar-refractivity contribution >= 4 is 17.7 Å². The van der Waals surface area contributed by atoms with Crippen LogP contribution in [-0.2, 0) is 15.3 Å². The molecule has 1 unspecified atom stereocenters. The molecule has 0 aliphatic carbocycles. The Morgan fingerprint density at radius 2 is 2.25 bits per heavy atom. The quantitative estimate of drug-likeness (QED) is 0.590. The van der Waals surface area contributed by atoms with E-state index in [1.54, 1.807) is 25.1 Å².